The molecule has 5 nitrogen and oxygen atoms in total. The molecule has 2 heterocycles. The van der Waals surface area contributed by atoms with E-state index in [4.69, 9.17) is 10.5 Å². The first-order valence-electron chi connectivity index (χ1n) is 7.92. The van der Waals surface area contributed by atoms with Crippen LogP contribution in [0.5, 0.6) is 5.75 Å². The topological polar surface area (TPSA) is 68.5 Å². The van der Waals surface area contributed by atoms with E-state index in [1.165, 1.54) is 11.3 Å². The fourth-order valence-electron chi connectivity index (χ4n) is 2.86. The Morgan fingerprint density at radius 2 is 2.22 bits per heavy atom. The number of hydrogen-bond donors (Lipinski definition) is 1. The summed E-state index contributed by atoms with van der Waals surface area (Å²) >= 11 is 1.49. The van der Waals surface area contributed by atoms with Gasteiger partial charge in [0.05, 0.1) is 6.61 Å². The zero-order chi connectivity index (χ0) is 16.2. The molecule has 1 aromatic heterocycles. The molecule has 0 aliphatic carbocycles. The van der Waals surface area contributed by atoms with Crippen molar-refractivity contribution in [2.75, 3.05) is 19.7 Å². The minimum absolute atomic E-state index is 0.00798. The first-order valence-corrected chi connectivity index (χ1v) is 8.80. The highest BCUT2D eigenvalue weighted by molar-refractivity contribution is 7.13. The van der Waals surface area contributed by atoms with Gasteiger partial charge in [-0.2, -0.15) is 0 Å². The van der Waals surface area contributed by atoms with Crippen LogP contribution in [0.2, 0.25) is 0 Å². The van der Waals surface area contributed by atoms with Gasteiger partial charge in [0.1, 0.15) is 16.5 Å². The Hall–Kier alpha value is -1.92. The summed E-state index contributed by atoms with van der Waals surface area (Å²) in [6, 6.07) is 7.94. The van der Waals surface area contributed by atoms with E-state index < -0.39 is 0 Å². The van der Waals surface area contributed by atoms with E-state index in [1.54, 1.807) is 0 Å². The molecule has 0 bridgehead atoms. The normalized spacial score (nSPS) is 17.5. The lowest BCUT2D eigenvalue weighted by Gasteiger charge is -2.22. The highest BCUT2D eigenvalue weighted by Gasteiger charge is 2.29. The molecule has 3 rings (SSSR count). The maximum atomic E-state index is 12.6. The molecular formula is C17H21N3O2S. The molecule has 1 aliphatic rings. The number of thiazole rings is 1. The van der Waals surface area contributed by atoms with Crippen LogP contribution < -0.4 is 10.5 Å². The Kier molecular flexibility index (Phi) is 4.93. The molecule has 1 fully saturated rings. The van der Waals surface area contributed by atoms with Gasteiger partial charge in [-0.3, -0.25) is 4.79 Å². The highest BCUT2D eigenvalue weighted by atomic mass is 32.1. The second-order valence-electron chi connectivity index (χ2n) is 5.53. The first kappa shape index (κ1) is 16.0. The van der Waals surface area contributed by atoms with E-state index in [1.807, 2.05) is 41.5 Å². The molecule has 6 heteroatoms. The summed E-state index contributed by atoms with van der Waals surface area (Å²) in [5.74, 6) is 0.832. The standard InChI is InChI=1S/C17H21N3O2S/c1-2-22-14-7-5-12(6-8-14)16-19-15(11-23-16)17(21)20-9-3-4-13(20)10-18/h5-8,11,13H,2-4,9-10,18H2,1H3. The summed E-state index contributed by atoms with van der Waals surface area (Å²) in [7, 11) is 0. The van der Waals surface area contributed by atoms with Gasteiger partial charge in [-0.25, -0.2) is 4.98 Å². The van der Waals surface area contributed by atoms with Crippen molar-refractivity contribution in [3.63, 3.8) is 0 Å². The van der Waals surface area contributed by atoms with Crippen LogP contribution >= 0.6 is 11.3 Å². The van der Waals surface area contributed by atoms with E-state index in [-0.39, 0.29) is 11.9 Å². The Morgan fingerprint density at radius 1 is 1.43 bits per heavy atom. The molecule has 2 aromatic rings. The number of aromatic nitrogens is 1. The number of nitrogens with two attached hydrogens (primary N) is 1. The van der Waals surface area contributed by atoms with E-state index >= 15 is 0 Å². The molecule has 1 saturated heterocycles. The number of likely N-dealkylation sites (tertiary alicyclic amines) is 1. The number of carbonyl (C=O) groups excluding carboxylic acids is 1. The summed E-state index contributed by atoms with van der Waals surface area (Å²) in [5.41, 5.74) is 7.26. The van der Waals surface area contributed by atoms with E-state index in [0.717, 1.165) is 35.7 Å². The van der Waals surface area contributed by atoms with Crippen molar-refractivity contribution in [2.45, 2.75) is 25.8 Å². The third-order valence-electron chi connectivity index (χ3n) is 4.05. The van der Waals surface area contributed by atoms with Crippen molar-refractivity contribution in [3.05, 3.63) is 35.3 Å². The lowest BCUT2D eigenvalue weighted by molar-refractivity contribution is 0.0736. The van der Waals surface area contributed by atoms with Crippen molar-refractivity contribution >= 4 is 17.2 Å². The van der Waals surface area contributed by atoms with Crippen LogP contribution in [0.15, 0.2) is 29.6 Å². The summed E-state index contributed by atoms with van der Waals surface area (Å²) in [6.07, 6.45) is 2.00. The lowest BCUT2D eigenvalue weighted by atomic mass is 10.2. The second kappa shape index (κ2) is 7.10. The fraction of sp³-hybridized carbons (Fsp3) is 0.412. The van der Waals surface area contributed by atoms with Crippen molar-refractivity contribution in [3.8, 4) is 16.3 Å². The molecule has 1 atom stereocenters. The molecule has 0 saturated carbocycles. The molecule has 122 valence electrons. The lowest BCUT2D eigenvalue weighted by Crippen LogP contribution is -2.40. The van der Waals surface area contributed by atoms with Gasteiger partial charge in [0.15, 0.2) is 0 Å². The van der Waals surface area contributed by atoms with Gasteiger partial charge in [0, 0.05) is 30.1 Å². The van der Waals surface area contributed by atoms with Crippen molar-refractivity contribution < 1.29 is 9.53 Å². The van der Waals surface area contributed by atoms with E-state index in [9.17, 15) is 4.79 Å². The van der Waals surface area contributed by atoms with Gasteiger partial charge >= 0.3 is 0 Å². The molecule has 1 unspecified atom stereocenters. The van der Waals surface area contributed by atoms with Crippen LogP contribution in [0.1, 0.15) is 30.3 Å². The van der Waals surface area contributed by atoms with Crippen molar-refractivity contribution in [1.82, 2.24) is 9.88 Å². The summed E-state index contributed by atoms with van der Waals surface area (Å²) in [5, 5.41) is 2.68. The van der Waals surface area contributed by atoms with E-state index in [2.05, 4.69) is 4.98 Å². The SMILES string of the molecule is CCOc1ccc(-c2nc(C(=O)N3CCCC3CN)cs2)cc1. The third kappa shape index (κ3) is 3.38. The quantitative estimate of drug-likeness (QED) is 0.915. The van der Waals surface area contributed by atoms with Crippen LogP contribution in [0.3, 0.4) is 0 Å². The number of carbonyl (C=O) groups is 1. The summed E-state index contributed by atoms with van der Waals surface area (Å²) < 4.78 is 5.44. The first-order chi connectivity index (χ1) is 11.2. The van der Waals surface area contributed by atoms with Crippen molar-refractivity contribution in [2.24, 2.45) is 5.73 Å². The summed E-state index contributed by atoms with van der Waals surface area (Å²) in [6.45, 7) is 3.89. The molecule has 1 aromatic carbocycles. The summed E-state index contributed by atoms with van der Waals surface area (Å²) in [4.78, 5) is 19.0. The van der Waals surface area contributed by atoms with Gasteiger partial charge in [0.2, 0.25) is 0 Å². The zero-order valence-electron chi connectivity index (χ0n) is 13.2. The smallest absolute Gasteiger partial charge is 0.273 e. The molecule has 2 N–H and O–H groups in total. The third-order valence-corrected chi connectivity index (χ3v) is 4.94. The minimum atomic E-state index is -0.00798. The maximum absolute atomic E-state index is 12.6. The number of amides is 1. The van der Waals surface area contributed by atoms with Crippen LogP contribution in [-0.2, 0) is 0 Å². The van der Waals surface area contributed by atoms with Crippen LogP contribution in [0.25, 0.3) is 10.6 Å². The van der Waals surface area contributed by atoms with Gasteiger partial charge < -0.3 is 15.4 Å². The number of benzene rings is 1. The molecule has 1 amide bonds. The maximum Gasteiger partial charge on any atom is 0.273 e. The van der Waals surface area contributed by atoms with Crippen LogP contribution in [0.4, 0.5) is 0 Å². The Bertz CT molecular complexity index is 669. The molecule has 1 aliphatic heterocycles. The highest BCUT2D eigenvalue weighted by Crippen LogP contribution is 2.27. The second-order valence-corrected chi connectivity index (χ2v) is 6.38. The largest absolute Gasteiger partial charge is 0.494 e. The number of rotatable bonds is 5. The predicted octanol–water partition coefficient (Wildman–Crippen LogP) is 2.77. The Morgan fingerprint density at radius 3 is 2.91 bits per heavy atom. The number of ether oxygens (including phenoxy) is 1. The van der Waals surface area contributed by atoms with Gasteiger partial charge in [-0.1, -0.05) is 0 Å². The molecule has 0 spiro atoms. The molecule has 23 heavy (non-hydrogen) atoms. The van der Waals surface area contributed by atoms with Crippen molar-refractivity contribution in [1.29, 1.82) is 0 Å². The minimum Gasteiger partial charge on any atom is -0.494 e. The molecular weight excluding hydrogens is 310 g/mol. The van der Waals surface area contributed by atoms with Gasteiger partial charge in [0.25, 0.3) is 5.91 Å². The average molecular weight is 331 g/mol. The average Bonchev–Trinajstić information content (AvgIpc) is 3.24. The van der Waals surface area contributed by atoms with Crippen LogP contribution in [0, 0.1) is 0 Å². The van der Waals surface area contributed by atoms with Crippen LogP contribution in [-0.4, -0.2) is 41.5 Å². The van der Waals surface area contributed by atoms with Gasteiger partial charge in [-0.15, -0.1) is 11.3 Å². The van der Waals surface area contributed by atoms with Gasteiger partial charge in [-0.05, 0) is 44.0 Å². The molecule has 0 radical (unpaired) electrons. The fourth-order valence-corrected chi connectivity index (χ4v) is 3.66. The zero-order valence-corrected chi connectivity index (χ0v) is 14.0. The Labute approximate surface area is 140 Å². The Balaban J connectivity index is 1.76. The number of nitrogens with zero attached hydrogens (tertiary/aromatic N) is 2. The predicted molar refractivity (Wildman–Crippen MR) is 91.8 cm³/mol. The number of hydrogen-bond acceptors (Lipinski definition) is 5. The van der Waals surface area contributed by atoms with E-state index in [0.29, 0.717) is 18.8 Å². The monoisotopic (exact) mass is 331 g/mol.